The first kappa shape index (κ1) is 24.8. The minimum atomic E-state index is -2.87. The molecule has 0 aliphatic carbocycles. The van der Waals surface area contributed by atoms with Crippen LogP contribution >= 0.6 is 11.3 Å². The number of nitro groups is 1. The molecule has 12 nitrogen and oxygen atoms in total. The number of nitrogens with zero attached hydrogens (tertiary/aromatic N) is 6. The van der Waals surface area contributed by atoms with E-state index >= 15 is 0 Å². The number of alkyl halides is 2. The van der Waals surface area contributed by atoms with Gasteiger partial charge in [0.15, 0.2) is 0 Å². The van der Waals surface area contributed by atoms with Crippen molar-refractivity contribution in [1.29, 1.82) is 0 Å². The number of aryl methyl sites for hydroxylation is 4. The summed E-state index contributed by atoms with van der Waals surface area (Å²) in [5, 5.41) is 22.0. The summed E-state index contributed by atoms with van der Waals surface area (Å²) in [4.78, 5) is 39.4. The standard InChI is InChI=1S/C21H20F2N8O4S/c1-9-6-14(31(34)35)28-30(9)5-4-15(32)26-17-16-11(12-8-29(3)27-10(12)2)7-13(19(22)23)25-21(16)36-18(17)20(24)33/h6-8,19H,4-5H2,1-3H3,(H2,24,33)(H,26,32). The van der Waals surface area contributed by atoms with Gasteiger partial charge in [-0.25, -0.2) is 13.8 Å². The van der Waals surface area contributed by atoms with E-state index in [4.69, 9.17) is 5.73 Å². The molecule has 4 heterocycles. The molecule has 0 bridgehead atoms. The Kier molecular flexibility index (Phi) is 6.49. The van der Waals surface area contributed by atoms with Crippen LogP contribution in [0.15, 0.2) is 18.3 Å². The second kappa shape index (κ2) is 9.41. The highest BCUT2D eigenvalue weighted by Gasteiger charge is 2.26. The maximum Gasteiger partial charge on any atom is 0.390 e. The molecule has 0 spiro atoms. The molecule has 188 valence electrons. The van der Waals surface area contributed by atoms with Crippen LogP contribution in [0.1, 0.15) is 39.6 Å². The molecule has 0 aliphatic heterocycles. The van der Waals surface area contributed by atoms with Gasteiger partial charge in [0, 0.05) is 30.6 Å². The molecule has 4 aromatic rings. The van der Waals surface area contributed by atoms with Crippen LogP contribution < -0.4 is 11.1 Å². The summed E-state index contributed by atoms with van der Waals surface area (Å²) in [5.41, 5.74) is 6.98. The summed E-state index contributed by atoms with van der Waals surface area (Å²) in [6.07, 6.45) is -1.37. The molecule has 0 unspecified atom stereocenters. The Hall–Kier alpha value is -4.27. The Morgan fingerprint density at radius 2 is 1.97 bits per heavy atom. The average molecular weight is 519 g/mol. The van der Waals surface area contributed by atoms with E-state index in [-0.39, 0.29) is 39.6 Å². The number of hydrogen-bond donors (Lipinski definition) is 2. The van der Waals surface area contributed by atoms with Crippen LogP contribution in [0.3, 0.4) is 0 Å². The number of nitrogens with one attached hydrogen (secondary N) is 1. The van der Waals surface area contributed by atoms with Gasteiger partial charge in [-0.3, -0.25) is 14.3 Å². The third-order valence-electron chi connectivity index (χ3n) is 5.40. The topological polar surface area (TPSA) is 164 Å². The number of primary amides is 1. The number of hydrogen-bond acceptors (Lipinski definition) is 8. The van der Waals surface area contributed by atoms with Crippen LogP contribution in [0.4, 0.5) is 20.3 Å². The summed E-state index contributed by atoms with van der Waals surface area (Å²) < 4.78 is 30.1. The van der Waals surface area contributed by atoms with Gasteiger partial charge in [-0.2, -0.15) is 9.78 Å². The number of nitrogens with two attached hydrogens (primary N) is 1. The van der Waals surface area contributed by atoms with Gasteiger partial charge in [0.1, 0.15) is 15.4 Å². The second-order valence-electron chi connectivity index (χ2n) is 7.97. The van der Waals surface area contributed by atoms with Gasteiger partial charge >= 0.3 is 5.82 Å². The van der Waals surface area contributed by atoms with E-state index in [2.05, 4.69) is 20.5 Å². The zero-order valence-corrected chi connectivity index (χ0v) is 20.1. The van der Waals surface area contributed by atoms with E-state index in [1.165, 1.54) is 21.5 Å². The number of halogens is 2. The number of carbonyl (C=O) groups excluding carboxylic acids is 2. The first-order valence-corrected chi connectivity index (χ1v) is 11.3. The quantitative estimate of drug-likeness (QED) is 0.266. The fourth-order valence-corrected chi connectivity index (χ4v) is 4.83. The Bertz CT molecular complexity index is 1520. The van der Waals surface area contributed by atoms with Crippen molar-refractivity contribution in [2.45, 2.75) is 33.2 Å². The number of anilines is 1. The second-order valence-corrected chi connectivity index (χ2v) is 8.97. The zero-order chi connectivity index (χ0) is 26.3. The lowest BCUT2D eigenvalue weighted by Gasteiger charge is -2.10. The van der Waals surface area contributed by atoms with Crippen molar-refractivity contribution in [3.05, 3.63) is 50.4 Å². The van der Waals surface area contributed by atoms with Crippen molar-refractivity contribution in [2.24, 2.45) is 12.8 Å². The summed E-state index contributed by atoms with van der Waals surface area (Å²) >= 11 is 0.797. The molecule has 15 heteroatoms. The SMILES string of the molecule is Cc1nn(C)cc1-c1cc(C(F)F)nc2sc(C(N)=O)c(NC(=O)CCn3nc([N+](=O)[O-])cc3C)c12. The highest BCUT2D eigenvalue weighted by Crippen LogP contribution is 2.43. The van der Waals surface area contributed by atoms with E-state index in [0.29, 0.717) is 22.5 Å². The van der Waals surface area contributed by atoms with E-state index < -0.39 is 28.9 Å². The van der Waals surface area contributed by atoms with Crippen molar-refractivity contribution >= 4 is 44.9 Å². The summed E-state index contributed by atoms with van der Waals surface area (Å²) in [6, 6.07) is 2.49. The van der Waals surface area contributed by atoms with E-state index in [9.17, 15) is 28.5 Å². The Morgan fingerprint density at radius 3 is 2.53 bits per heavy atom. The van der Waals surface area contributed by atoms with Crippen molar-refractivity contribution in [2.75, 3.05) is 5.32 Å². The number of carbonyl (C=O) groups is 2. The van der Waals surface area contributed by atoms with Gasteiger partial charge in [-0.1, -0.05) is 0 Å². The summed E-state index contributed by atoms with van der Waals surface area (Å²) in [5.74, 6) is -1.74. The monoisotopic (exact) mass is 518 g/mol. The molecule has 0 atom stereocenters. The van der Waals surface area contributed by atoms with Gasteiger partial charge in [0.25, 0.3) is 12.3 Å². The smallest absolute Gasteiger partial charge is 0.365 e. The maximum atomic E-state index is 13.6. The highest BCUT2D eigenvalue weighted by atomic mass is 32.1. The molecule has 4 rings (SSSR count). The number of rotatable bonds is 8. The molecule has 0 fully saturated rings. The van der Waals surface area contributed by atoms with Crippen LogP contribution in [0.5, 0.6) is 0 Å². The van der Waals surface area contributed by atoms with Gasteiger partial charge in [0.2, 0.25) is 5.91 Å². The lowest BCUT2D eigenvalue weighted by atomic mass is 10.0. The molecule has 0 aliphatic rings. The number of pyridine rings is 1. The van der Waals surface area contributed by atoms with Gasteiger partial charge in [-0.15, -0.1) is 11.3 Å². The van der Waals surface area contributed by atoms with Crippen LogP contribution in [0.25, 0.3) is 21.3 Å². The molecule has 0 radical (unpaired) electrons. The number of thiophene rings is 1. The number of aromatic nitrogens is 5. The van der Waals surface area contributed by atoms with E-state index in [0.717, 1.165) is 11.3 Å². The minimum absolute atomic E-state index is 0.0296. The Morgan fingerprint density at radius 1 is 1.25 bits per heavy atom. The fourth-order valence-electron chi connectivity index (χ4n) is 3.82. The van der Waals surface area contributed by atoms with Gasteiger partial charge in [-0.05, 0) is 30.4 Å². The zero-order valence-electron chi connectivity index (χ0n) is 19.3. The average Bonchev–Trinajstić information content (AvgIpc) is 3.46. The Labute approximate surface area is 205 Å². The Balaban J connectivity index is 1.76. The van der Waals surface area contributed by atoms with Crippen LogP contribution in [0, 0.1) is 24.0 Å². The van der Waals surface area contributed by atoms with Crippen molar-refractivity contribution in [1.82, 2.24) is 24.5 Å². The van der Waals surface area contributed by atoms with Crippen LogP contribution in [0.2, 0.25) is 0 Å². The third-order valence-corrected chi connectivity index (χ3v) is 6.50. The van der Waals surface area contributed by atoms with E-state index in [1.807, 2.05) is 0 Å². The first-order valence-electron chi connectivity index (χ1n) is 10.5. The minimum Gasteiger partial charge on any atom is -0.365 e. The molecule has 0 saturated heterocycles. The predicted octanol–water partition coefficient (Wildman–Crippen LogP) is 3.48. The maximum absolute atomic E-state index is 13.6. The third kappa shape index (κ3) is 4.64. The van der Waals surface area contributed by atoms with Crippen LogP contribution in [-0.2, 0) is 18.4 Å². The number of amides is 2. The summed E-state index contributed by atoms with van der Waals surface area (Å²) in [7, 11) is 1.68. The summed E-state index contributed by atoms with van der Waals surface area (Å²) in [6.45, 7) is 3.35. The largest absolute Gasteiger partial charge is 0.390 e. The first-order chi connectivity index (χ1) is 17.0. The highest BCUT2D eigenvalue weighted by molar-refractivity contribution is 7.21. The molecule has 0 aromatic carbocycles. The molecule has 2 amide bonds. The molecule has 4 aromatic heterocycles. The molecular weight excluding hydrogens is 498 g/mol. The van der Waals surface area contributed by atoms with Crippen molar-refractivity contribution in [3.63, 3.8) is 0 Å². The molecule has 36 heavy (non-hydrogen) atoms. The van der Waals surface area contributed by atoms with Crippen LogP contribution in [-0.4, -0.2) is 41.3 Å². The van der Waals surface area contributed by atoms with Crippen molar-refractivity contribution < 1.29 is 23.3 Å². The molecule has 3 N–H and O–H groups in total. The van der Waals surface area contributed by atoms with Crippen molar-refractivity contribution in [3.8, 4) is 11.1 Å². The van der Waals surface area contributed by atoms with Gasteiger partial charge in [0.05, 0.1) is 34.8 Å². The van der Waals surface area contributed by atoms with E-state index in [1.54, 1.807) is 27.1 Å². The molecule has 0 saturated carbocycles. The number of fused-ring (bicyclic) bond motifs is 1. The predicted molar refractivity (Wildman–Crippen MR) is 127 cm³/mol. The lowest BCUT2D eigenvalue weighted by Crippen LogP contribution is -2.18. The lowest BCUT2D eigenvalue weighted by molar-refractivity contribution is -0.389. The van der Waals surface area contributed by atoms with Gasteiger partial charge < -0.3 is 21.2 Å². The normalized spacial score (nSPS) is 11.4. The molecular formula is C21H20F2N8O4S. The fraction of sp³-hybridized carbons (Fsp3) is 0.286.